The van der Waals surface area contributed by atoms with Crippen molar-refractivity contribution in [1.29, 1.82) is 5.39 Å². The highest BCUT2D eigenvalue weighted by atomic mass is 16.6. The van der Waals surface area contributed by atoms with Crippen LogP contribution >= 0.6 is 0 Å². The summed E-state index contributed by atoms with van der Waals surface area (Å²) in [6.45, 7) is 0.215. The molecular formula is C11H11N2O2+. The second-order valence-corrected chi connectivity index (χ2v) is 2.71. The summed E-state index contributed by atoms with van der Waals surface area (Å²) >= 11 is 0. The molecule has 76 valence electrons. The maximum atomic E-state index is 8.90. The van der Waals surface area contributed by atoms with Crippen molar-refractivity contribution in [3.05, 3.63) is 59.1 Å². The molecule has 0 aliphatic heterocycles. The van der Waals surface area contributed by atoms with Gasteiger partial charge in [-0.25, -0.2) is 0 Å². The number of hydrogen-bond donors (Lipinski definition) is 1. The van der Waals surface area contributed by atoms with E-state index in [4.69, 9.17) is 15.2 Å². The van der Waals surface area contributed by atoms with Crippen LogP contribution in [0, 0.1) is 5.39 Å². The molecule has 15 heavy (non-hydrogen) atoms. The van der Waals surface area contributed by atoms with Crippen LogP contribution in [0.1, 0.15) is 5.56 Å². The van der Waals surface area contributed by atoms with E-state index < -0.39 is 5.95 Å². The van der Waals surface area contributed by atoms with E-state index in [9.17, 15) is 0 Å². The predicted molar refractivity (Wildman–Crippen MR) is 57.2 cm³/mol. The second-order valence-electron chi connectivity index (χ2n) is 2.71. The van der Waals surface area contributed by atoms with Crippen LogP contribution in [-0.4, -0.2) is 11.7 Å². The van der Waals surface area contributed by atoms with Gasteiger partial charge < -0.3 is 9.84 Å². The van der Waals surface area contributed by atoms with E-state index in [1.54, 1.807) is 6.08 Å². The molecule has 0 radical (unpaired) electrons. The van der Waals surface area contributed by atoms with Gasteiger partial charge in [-0.15, -0.1) is 0 Å². The van der Waals surface area contributed by atoms with Crippen molar-refractivity contribution in [3.8, 4) is 0 Å². The van der Waals surface area contributed by atoms with E-state index in [2.05, 4.69) is 4.98 Å². The van der Waals surface area contributed by atoms with Gasteiger partial charge in [-0.3, -0.25) is 0 Å². The smallest absolute Gasteiger partial charge is 0.429 e. The van der Waals surface area contributed by atoms with Crippen LogP contribution < -0.4 is 0 Å². The third kappa shape index (κ3) is 4.48. The fourth-order valence-corrected chi connectivity index (χ4v) is 0.968. The van der Waals surface area contributed by atoms with Crippen LogP contribution in [0.3, 0.4) is 0 Å². The van der Waals surface area contributed by atoms with Crippen LogP contribution in [-0.2, 0) is 4.74 Å². The van der Waals surface area contributed by atoms with Crippen molar-refractivity contribution in [2.75, 3.05) is 6.61 Å². The number of hydrogen-bond acceptors (Lipinski definition) is 3. The fourth-order valence-electron chi connectivity index (χ4n) is 0.968. The van der Waals surface area contributed by atoms with Crippen LogP contribution in [0.2, 0.25) is 0 Å². The van der Waals surface area contributed by atoms with Gasteiger partial charge in [-0.1, -0.05) is 36.4 Å². The van der Waals surface area contributed by atoms with Crippen molar-refractivity contribution < 1.29 is 9.84 Å². The van der Waals surface area contributed by atoms with Gasteiger partial charge in [0.2, 0.25) is 5.39 Å². The fraction of sp³-hybridized carbons (Fsp3) is 0.0909. The SMILES string of the molecule is N#[N+]/C=C(\O)OC/C=C\c1ccccc1. The normalized spacial score (nSPS) is 11.3. The molecule has 1 aromatic rings. The van der Waals surface area contributed by atoms with Crippen LogP contribution in [0.25, 0.3) is 11.1 Å². The first-order valence-corrected chi connectivity index (χ1v) is 4.40. The Bertz CT molecular complexity index is 391. The highest BCUT2D eigenvalue weighted by Gasteiger charge is 1.97. The van der Waals surface area contributed by atoms with Crippen LogP contribution in [0.5, 0.6) is 0 Å². The number of ether oxygens (including phenoxy) is 1. The minimum atomic E-state index is -0.421. The molecule has 0 amide bonds. The zero-order chi connectivity index (χ0) is 10.9. The summed E-state index contributed by atoms with van der Waals surface area (Å²) in [7, 11) is 0. The molecule has 0 fully saturated rings. The third-order valence-electron chi connectivity index (χ3n) is 1.61. The second kappa shape index (κ2) is 6.22. The Morgan fingerprint density at radius 2 is 2.13 bits per heavy atom. The Morgan fingerprint density at radius 3 is 2.80 bits per heavy atom. The van der Waals surface area contributed by atoms with E-state index in [-0.39, 0.29) is 6.61 Å². The topological polar surface area (TPSA) is 57.6 Å². The van der Waals surface area contributed by atoms with Gasteiger partial charge >= 0.3 is 12.1 Å². The largest absolute Gasteiger partial charge is 0.476 e. The maximum Gasteiger partial charge on any atom is 0.429 e. The third-order valence-corrected chi connectivity index (χ3v) is 1.61. The number of diazo groups is 1. The van der Waals surface area contributed by atoms with E-state index in [1.165, 1.54) is 0 Å². The average Bonchev–Trinajstić information content (AvgIpc) is 2.26. The highest BCUT2D eigenvalue weighted by Crippen LogP contribution is 2.01. The standard InChI is InChI=1S/C11H10N2O2/c12-13-9-11(14)15-8-4-7-10-5-2-1-3-6-10/h1-7,9H,8H2/p+1/b7-4-,11-9+. The molecular weight excluding hydrogens is 192 g/mol. The molecule has 0 aromatic heterocycles. The van der Waals surface area contributed by atoms with Crippen molar-refractivity contribution in [1.82, 2.24) is 0 Å². The molecule has 1 rings (SSSR count). The van der Waals surface area contributed by atoms with Gasteiger partial charge in [-0.05, 0) is 11.6 Å². The lowest BCUT2D eigenvalue weighted by atomic mass is 10.2. The molecule has 0 aliphatic rings. The quantitative estimate of drug-likeness (QED) is 0.604. The Balaban J connectivity index is 2.36. The summed E-state index contributed by atoms with van der Waals surface area (Å²) < 4.78 is 4.78. The van der Waals surface area contributed by atoms with Crippen molar-refractivity contribution >= 4 is 6.08 Å². The maximum absolute atomic E-state index is 8.90. The first kappa shape index (κ1) is 10.8. The monoisotopic (exact) mass is 203 g/mol. The lowest BCUT2D eigenvalue weighted by Crippen LogP contribution is -1.89. The van der Waals surface area contributed by atoms with Gasteiger partial charge in [0.05, 0.1) is 0 Å². The predicted octanol–water partition coefficient (Wildman–Crippen LogP) is 2.93. The molecule has 4 nitrogen and oxygen atoms in total. The number of nitrogens with zero attached hydrogens (tertiary/aromatic N) is 2. The van der Waals surface area contributed by atoms with Gasteiger partial charge in [0.25, 0.3) is 0 Å². The van der Waals surface area contributed by atoms with Crippen molar-refractivity contribution in [2.45, 2.75) is 0 Å². The summed E-state index contributed by atoms with van der Waals surface area (Å²) in [6.07, 6.45) is 4.43. The van der Waals surface area contributed by atoms with Crippen LogP contribution in [0.4, 0.5) is 0 Å². The number of benzene rings is 1. The molecule has 0 bridgehead atoms. The van der Waals surface area contributed by atoms with E-state index in [1.807, 2.05) is 36.4 Å². The molecule has 1 N–H and O–H groups in total. The zero-order valence-electron chi connectivity index (χ0n) is 8.08. The van der Waals surface area contributed by atoms with E-state index in [0.29, 0.717) is 0 Å². The summed E-state index contributed by atoms with van der Waals surface area (Å²) in [5.74, 6) is -0.421. The number of aliphatic hydroxyl groups is 1. The zero-order valence-corrected chi connectivity index (χ0v) is 8.08. The minimum absolute atomic E-state index is 0.215. The molecule has 1 aromatic carbocycles. The molecule has 4 heteroatoms. The molecule has 0 heterocycles. The molecule has 0 saturated carbocycles. The van der Waals surface area contributed by atoms with Gasteiger partial charge in [-0.2, -0.15) is 0 Å². The van der Waals surface area contributed by atoms with Gasteiger partial charge in [0.1, 0.15) is 6.61 Å². The first-order chi connectivity index (χ1) is 7.33. The summed E-state index contributed by atoms with van der Waals surface area (Å²) in [4.78, 5) is 2.61. The van der Waals surface area contributed by atoms with Crippen LogP contribution in [0.15, 0.2) is 48.6 Å². The lowest BCUT2D eigenvalue weighted by molar-refractivity contribution is 0.113. The molecule has 0 atom stereocenters. The Morgan fingerprint density at radius 1 is 1.40 bits per heavy atom. The van der Waals surface area contributed by atoms with Gasteiger partial charge in [0.15, 0.2) is 4.98 Å². The van der Waals surface area contributed by atoms with E-state index >= 15 is 0 Å². The summed E-state index contributed by atoms with van der Waals surface area (Å²) in [6, 6.07) is 9.71. The first-order valence-electron chi connectivity index (χ1n) is 4.40. The number of aliphatic hydroxyl groups excluding tert-OH is 1. The summed E-state index contributed by atoms with van der Waals surface area (Å²) in [5.41, 5.74) is 1.05. The number of rotatable bonds is 4. The lowest BCUT2D eigenvalue weighted by Gasteiger charge is -1.95. The van der Waals surface area contributed by atoms with Crippen molar-refractivity contribution in [2.24, 2.45) is 0 Å². The molecule has 0 aliphatic carbocycles. The Labute approximate surface area is 87.7 Å². The van der Waals surface area contributed by atoms with Crippen molar-refractivity contribution in [3.63, 3.8) is 0 Å². The van der Waals surface area contributed by atoms with E-state index in [0.717, 1.165) is 11.8 Å². The molecule has 0 saturated heterocycles. The minimum Gasteiger partial charge on any atom is -0.476 e. The summed E-state index contributed by atoms with van der Waals surface area (Å²) in [5, 5.41) is 17.0. The average molecular weight is 203 g/mol. The molecule has 0 unspecified atom stereocenters. The van der Waals surface area contributed by atoms with Gasteiger partial charge in [0, 0.05) is 0 Å². The Hall–Kier alpha value is -2.28. The highest BCUT2D eigenvalue weighted by molar-refractivity contribution is 5.48. The molecule has 0 spiro atoms. The Kier molecular flexibility index (Phi) is 4.47.